The third-order valence-electron chi connectivity index (χ3n) is 4.38. The van der Waals surface area contributed by atoms with E-state index in [4.69, 9.17) is 24.5 Å². The van der Waals surface area contributed by atoms with Gasteiger partial charge in [0.15, 0.2) is 0 Å². The lowest BCUT2D eigenvalue weighted by Gasteiger charge is -2.30. The molecule has 0 unspecified atom stereocenters. The highest BCUT2D eigenvalue weighted by Crippen LogP contribution is 2.32. The van der Waals surface area contributed by atoms with Gasteiger partial charge in [-0.15, -0.1) is 0 Å². The van der Waals surface area contributed by atoms with E-state index in [0.29, 0.717) is 37.3 Å². The van der Waals surface area contributed by atoms with Crippen LogP contribution in [0.1, 0.15) is 10.4 Å². The zero-order valence-electron chi connectivity index (χ0n) is 18.8. The second kappa shape index (κ2) is 13.5. The van der Waals surface area contributed by atoms with Crippen molar-refractivity contribution in [1.82, 2.24) is 4.90 Å². The summed E-state index contributed by atoms with van der Waals surface area (Å²) in [6, 6.07) is 4.43. The molecular formula is C19H25F3N2O9S2. The Morgan fingerprint density at radius 1 is 1.20 bits per heavy atom. The fourth-order valence-electron chi connectivity index (χ4n) is 2.74. The maximum Gasteiger partial charge on any atom is 0.490 e. The van der Waals surface area contributed by atoms with Crippen LogP contribution in [0.4, 0.5) is 18.9 Å². The predicted molar refractivity (Wildman–Crippen MR) is 121 cm³/mol. The third-order valence-corrected chi connectivity index (χ3v) is 6.44. The summed E-state index contributed by atoms with van der Waals surface area (Å²) in [5.74, 6) is -3.91. The number of carbonyl (C=O) groups is 3. The smallest absolute Gasteiger partial charge is 0.490 e. The largest absolute Gasteiger partial charge is 0.495 e. The quantitative estimate of drug-likeness (QED) is 0.462. The first-order valence-corrected chi connectivity index (χ1v) is 12.6. The van der Waals surface area contributed by atoms with Gasteiger partial charge >= 0.3 is 18.1 Å². The Bertz CT molecular complexity index is 998. The Labute approximate surface area is 203 Å². The molecule has 1 aromatic rings. The summed E-state index contributed by atoms with van der Waals surface area (Å²) in [4.78, 5) is 33.9. The predicted octanol–water partition coefficient (Wildman–Crippen LogP) is 1.38. The van der Waals surface area contributed by atoms with Gasteiger partial charge in [-0.3, -0.25) is 18.8 Å². The number of carboxylic acid groups (broad SMARTS) is 2. The van der Waals surface area contributed by atoms with Crippen molar-refractivity contribution in [2.75, 3.05) is 62.8 Å². The lowest BCUT2D eigenvalue weighted by Crippen LogP contribution is -2.43. The molecule has 0 saturated carbocycles. The van der Waals surface area contributed by atoms with Crippen LogP contribution in [0.3, 0.4) is 0 Å². The first-order chi connectivity index (χ1) is 16.2. The number of rotatable bonds is 9. The number of morpholine rings is 1. The summed E-state index contributed by atoms with van der Waals surface area (Å²) in [5.41, 5.74) is 0.460. The van der Waals surface area contributed by atoms with Crippen molar-refractivity contribution >= 4 is 44.5 Å². The maximum atomic E-state index is 12.4. The van der Waals surface area contributed by atoms with Gasteiger partial charge in [0.25, 0.3) is 0 Å². The average molecular weight is 547 g/mol. The molecule has 1 heterocycles. The van der Waals surface area contributed by atoms with E-state index in [1.54, 1.807) is 0 Å². The van der Waals surface area contributed by atoms with E-state index >= 15 is 0 Å². The molecule has 0 aromatic heterocycles. The van der Waals surface area contributed by atoms with E-state index in [-0.39, 0.29) is 23.5 Å². The molecule has 0 spiro atoms. The third kappa shape index (κ3) is 10.7. The van der Waals surface area contributed by atoms with Gasteiger partial charge in [0.2, 0.25) is 15.1 Å². The molecule has 0 radical (unpaired) electrons. The molecule has 1 aliphatic rings. The minimum atomic E-state index is -5.08. The zero-order chi connectivity index (χ0) is 26.8. The molecule has 35 heavy (non-hydrogen) atoms. The number of ether oxygens (including phenoxy) is 2. The van der Waals surface area contributed by atoms with Crippen LogP contribution in [0.2, 0.25) is 0 Å². The molecule has 1 fully saturated rings. The van der Waals surface area contributed by atoms with Crippen LogP contribution in [0.15, 0.2) is 18.2 Å². The van der Waals surface area contributed by atoms with Crippen molar-refractivity contribution in [3.05, 3.63) is 23.8 Å². The van der Waals surface area contributed by atoms with Crippen LogP contribution in [0, 0.1) is 0 Å². The highest BCUT2D eigenvalue weighted by atomic mass is 32.2. The summed E-state index contributed by atoms with van der Waals surface area (Å²) in [7, 11) is -2.22. The van der Waals surface area contributed by atoms with Crippen LogP contribution in [0.25, 0.3) is 0 Å². The van der Waals surface area contributed by atoms with Crippen molar-refractivity contribution in [3.8, 4) is 5.75 Å². The van der Waals surface area contributed by atoms with Crippen LogP contribution in [-0.4, -0.2) is 105 Å². The maximum absolute atomic E-state index is 12.4. The van der Waals surface area contributed by atoms with Crippen molar-refractivity contribution in [2.45, 2.75) is 6.18 Å². The van der Waals surface area contributed by atoms with Crippen molar-refractivity contribution in [2.24, 2.45) is 0 Å². The van der Waals surface area contributed by atoms with E-state index in [1.807, 2.05) is 0 Å². The summed E-state index contributed by atoms with van der Waals surface area (Å²) in [5, 5.41) is 15.4. The number of anilines is 1. The second-order valence-electron chi connectivity index (χ2n) is 6.95. The van der Waals surface area contributed by atoms with Gasteiger partial charge in [-0.1, -0.05) is 11.8 Å². The minimum Gasteiger partial charge on any atom is -0.495 e. The van der Waals surface area contributed by atoms with Crippen molar-refractivity contribution in [3.63, 3.8) is 0 Å². The molecule has 1 saturated heterocycles. The molecule has 0 aliphatic carbocycles. The molecule has 0 atom stereocenters. The summed E-state index contributed by atoms with van der Waals surface area (Å²) in [6.45, 7) is 3.35. The molecule has 1 aromatic carbocycles. The van der Waals surface area contributed by atoms with Gasteiger partial charge in [0.1, 0.15) is 5.75 Å². The molecule has 11 nitrogen and oxygen atoms in total. The number of carbonyl (C=O) groups excluding carboxylic acids is 1. The van der Waals surface area contributed by atoms with Crippen LogP contribution >= 0.6 is 11.8 Å². The molecule has 2 rings (SSSR count). The van der Waals surface area contributed by atoms with Gasteiger partial charge in [-0.2, -0.15) is 13.2 Å². The zero-order valence-corrected chi connectivity index (χ0v) is 20.4. The lowest BCUT2D eigenvalue weighted by atomic mass is 10.2. The second-order valence-corrected chi connectivity index (χ2v) is 9.80. The van der Waals surface area contributed by atoms with E-state index in [9.17, 15) is 31.2 Å². The number of alkyl halides is 3. The standard InChI is InChI=1S/C17H24N2O7S2.C2HF3O2/c1-25-15-4-3-13(17(22)27-12-16(20)21)11-14(15)19(28(2,23)24)6-5-18-7-9-26-10-8-18;3-2(4,5)1(6)7/h3-4,11H,5-10,12H2,1-2H3,(H,20,21);(H,6,7). The summed E-state index contributed by atoms with van der Waals surface area (Å²) < 4.78 is 68.4. The molecule has 198 valence electrons. The van der Waals surface area contributed by atoms with E-state index in [2.05, 4.69) is 4.90 Å². The Balaban J connectivity index is 0.000000762. The molecule has 0 bridgehead atoms. The van der Waals surface area contributed by atoms with Gasteiger partial charge in [0, 0.05) is 31.7 Å². The molecular weight excluding hydrogens is 521 g/mol. The molecule has 0 amide bonds. The Hall–Kier alpha value is -2.56. The number of aliphatic carboxylic acids is 2. The lowest BCUT2D eigenvalue weighted by molar-refractivity contribution is -0.192. The van der Waals surface area contributed by atoms with Crippen LogP contribution in [0.5, 0.6) is 5.75 Å². The number of hydrogen-bond donors (Lipinski definition) is 2. The fourth-order valence-corrected chi connectivity index (χ4v) is 4.21. The van der Waals surface area contributed by atoms with Gasteiger partial charge in [0.05, 0.1) is 38.0 Å². The number of nitrogens with zero attached hydrogens (tertiary/aromatic N) is 2. The number of hydrogen-bond acceptors (Lipinski definition) is 9. The minimum absolute atomic E-state index is 0.190. The number of halogens is 3. The SMILES string of the molecule is COc1ccc(C(=O)SCC(=O)O)cc1N(CCN1CCOCC1)S(C)(=O)=O.O=C(O)C(F)(F)F. The van der Waals surface area contributed by atoms with Gasteiger partial charge < -0.3 is 19.7 Å². The summed E-state index contributed by atoms with van der Waals surface area (Å²) in [6.07, 6.45) is -3.99. The van der Waals surface area contributed by atoms with Crippen molar-refractivity contribution < 1.29 is 55.7 Å². The normalized spacial score (nSPS) is 14.4. The van der Waals surface area contributed by atoms with E-state index < -0.39 is 33.3 Å². The van der Waals surface area contributed by atoms with Crippen LogP contribution < -0.4 is 9.04 Å². The molecule has 2 N–H and O–H groups in total. The van der Waals surface area contributed by atoms with Gasteiger partial charge in [-0.25, -0.2) is 13.2 Å². The molecule has 16 heteroatoms. The van der Waals surface area contributed by atoms with E-state index in [0.717, 1.165) is 19.3 Å². The average Bonchev–Trinajstić information content (AvgIpc) is 2.77. The number of thioether (sulfide) groups is 1. The first kappa shape index (κ1) is 30.5. The number of carboxylic acids is 2. The highest BCUT2D eigenvalue weighted by molar-refractivity contribution is 8.14. The van der Waals surface area contributed by atoms with Crippen molar-refractivity contribution in [1.29, 1.82) is 0 Å². The fraction of sp³-hybridized carbons (Fsp3) is 0.526. The topological polar surface area (TPSA) is 151 Å². The van der Waals surface area contributed by atoms with Crippen LogP contribution in [-0.2, 0) is 24.3 Å². The van der Waals surface area contributed by atoms with Gasteiger partial charge in [-0.05, 0) is 18.2 Å². The number of sulfonamides is 1. The number of benzene rings is 1. The summed E-state index contributed by atoms with van der Waals surface area (Å²) >= 11 is 0.646. The monoisotopic (exact) mass is 546 g/mol. The Kier molecular flexibility index (Phi) is 11.8. The van der Waals surface area contributed by atoms with E-state index in [1.165, 1.54) is 29.6 Å². The first-order valence-electron chi connectivity index (χ1n) is 9.81. The Morgan fingerprint density at radius 2 is 1.77 bits per heavy atom. The number of methoxy groups -OCH3 is 1. The Morgan fingerprint density at radius 3 is 2.23 bits per heavy atom. The highest BCUT2D eigenvalue weighted by Gasteiger charge is 2.38. The molecule has 1 aliphatic heterocycles.